The van der Waals surface area contributed by atoms with Gasteiger partial charge < -0.3 is 10.6 Å². The van der Waals surface area contributed by atoms with Crippen LogP contribution in [-0.2, 0) is 16.3 Å². The molecular formula is C18H21ClN2O3S. The van der Waals surface area contributed by atoms with Gasteiger partial charge in [0.05, 0.1) is 10.9 Å². The normalized spacial score (nSPS) is 14.0. The summed E-state index contributed by atoms with van der Waals surface area (Å²) in [6.45, 7) is 2.78. The van der Waals surface area contributed by atoms with Crippen LogP contribution in [0.1, 0.15) is 34.5 Å². The molecule has 2 aromatic carbocycles. The first kappa shape index (κ1) is 19.3. The largest absolute Gasteiger partial charge is 0.384 e. The third-order valence-electron chi connectivity index (χ3n) is 4.23. The van der Waals surface area contributed by atoms with Crippen molar-refractivity contribution in [1.82, 2.24) is 5.32 Å². The lowest BCUT2D eigenvalue weighted by atomic mass is 10.1. The number of amides is 1. The maximum atomic E-state index is 12.4. The molecule has 0 radical (unpaired) electrons. The van der Waals surface area contributed by atoms with Crippen LogP contribution in [0.3, 0.4) is 0 Å². The smallest absolute Gasteiger partial charge is 0.251 e. The summed E-state index contributed by atoms with van der Waals surface area (Å²) in [5.41, 5.74) is 3.75. The number of hydrogen-bond acceptors (Lipinski definition) is 4. The molecule has 1 unspecified atom stereocenters. The molecule has 3 rings (SSSR count). The Morgan fingerprint density at radius 1 is 1.16 bits per heavy atom. The molecule has 1 heterocycles. The molecule has 2 N–H and O–H groups in total. The molecule has 2 aromatic rings. The summed E-state index contributed by atoms with van der Waals surface area (Å²) >= 11 is 0. The molecule has 1 atom stereocenters. The molecule has 0 spiro atoms. The lowest BCUT2D eigenvalue weighted by Crippen LogP contribution is -2.26. The van der Waals surface area contributed by atoms with Gasteiger partial charge in [0.1, 0.15) is 0 Å². The van der Waals surface area contributed by atoms with Crippen molar-refractivity contribution >= 4 is 33.8 Å². The van der Waals surface area contributed by atoms with Gasteiger partial charge in [0, 0.05) is 24.1 Å². The number of carbonyl (C=O) groups is 1. The van der Waals surface area contributed by atoms with Crippen molar-refractivity contribution in [3.05, 3.63) is 59.2 Å². The van der Waals surface area contributed by atoms with Crippen molar-refractivity contribution in [2.75, 3.05) is 18.1 Å². The number of fused-ring (bicyclic) bond motifs is 1. The zero-order valence-corrected chi connectivity index (χ0v) is 15.7. The first-order valence-corrected chi connectivity index (χ1v) is 9.71. The van der Waals surface area contributed by atoms with E-state index in [4.69, 9.17) is 0 Å². The third-order valence-corrected chi connectivity index (χ3v) is 5.36. The Morgan fingerprint density at radius 3 is 2.48 bits per heavy atom. The standard InChI is InChI=1S/C18H20N2O3S.ClH/c1-12(13-3-6-16(7-4-13)24(2,22)23)20-18(21)15-5-8-17-14(11-15)9-10-19-17;/h3-8,11-12,19H,9-10H2,1-2H3,(H,20,21);1H. The van der Waals surface area contributed by atoms with Gasteiger partial charge in [-0.1, -0.05) is 12.1 Å². The Kier molecular flexibility index (Phi) is 5.75. The number of anilines is 1. The molecule has 1 aliphatic rings. The number of halogens is 1. The average molecular weight is 381 g/mol. The van der Waals surface area contributed by atoms with E-state index in [-0.39, 0.29) is 29.3 Å². The van der Waals surface area contributed by atoms with Crippen LogP contribution in [0.5, 0.6) is 0 Å². The molecule has 5 nitrogen and oxygen atoms in total. The fourth-order valence-electron chi connectivity index (χ4n) is 2.81. The lowest BCUT2D eigenvalue weighted by Gasteiger charge is -2.15. The maximum Gasteiger partial charge on any atom is 0.251 e. The summed E-state index contributed by atoms with van der Waals surface area (Å²) in [4.78, 5) is 12.7. The molecule has 1 amide bonds. The molecule has 0 saturated carbocycles. The van der Waals surface area contributed by atoms with Crippen LogP contribution in [0.15, 0.2) is 47.4 Å². The minimum atomic E-state index is -3.21. The Balaban J connectivity index is 0.00000225. The minimum absolute atomic E-state index is 0. The zero-order chi connectivity index (χ0) is 17.3. The number of nitrogens with one attached hydrogen (secondary N) is 2. The molecule has 134 valence electrons. The van der Waals surface area contributed by atoms with E-state index in [1.165, 1.54) is 6.26 Å². The molecule has 0 aliphatic carbocycles. The predicted molar refractivity (Wildman–Crippen MR) is 101 cm³/mol. The van der Waals surface area contributed by atoms with Gasteiger partial charge in [-0.2, -0.15) is 0 Å². The molecule has 7 heteroatoms. The summed E-state index contributed by atoms with van der Waals surface area (Å²) in [6, 6.07) is 12.0. The number of sulfone groups is 1. The van der Waals surface area contributed by atoms with Crippen molar-refractivity contribution in [2.45, 2.75) is 24.3 Å². The Hall–Kier alpha value is -2.05. The first-order valence-electron chi connectivity index (χ1n) is 7.82. The van der Waals surface area contributed by atoms with E-state index in [2.05, 4.69) is 10.6 Å². The lowest BCUT2D eigenvalue weighted by molar-refractivity contribution is 0.0940. The molecule has 0 aromatic heterocycles. The average Bonchev–Trinajstić information content (AvgIpc) is 3.01. The minimum Gasteiger partial charge on any atom is -0.384 e. The van der Waals surface area contributed by atoms with Crippen molar-refractivity contribution in [1.29, 1.82) is 0 Å². The van der Waals surface area contributed by atoms with Gasteiger partial charge in [0.25, 0.3) is 5.91 Å². The monoisotopic (exact) mass is 380 g/mol. The molecule has 0 fully saturated rings. The van der Waals surface area contributed by atoms with E-state index < -0.39 is 9.84 Å². The van der Waals surface area contributed by atoms with Crippen LogP contribution in [0.4, 0.5) is 5.69 Å². The van der Waals surface area contributed by atoms with E-state index in [0.29, 0.717) is 5.56 Å². The third kappa shape index (κ3) is 4.32. The topological polar surface area (TPSA) is 75.3 Å². The van der Waals surface area contributed by atoms with Gasteiger partial charge in [0.2, 0.25) is 0 Å². The van der Waals surface area contributed by atoms with Gasteiger partial charge in [0.15, 0.2) is 9.84 Å². The summed E-state index contributed by atoms with van der Waals surface area (Å²) in [5, 5.41) is 6.22. The van der Waals surface area contributed by atoms with Crippen LogP contribution in [0, 0.1) is 0 Å². The van der Waals surface area contributed by atoms with Crippen molar-refractivity contribution < 1.29 is 13.2 Å². The number of hydrogen-bond donors (Lipinski definition) is 2. The highest BCUT2D eigenvalue weighted by atomic mass is 35.5. The van der Waals surface area contributed by atoms with Gasteiger partial charge >= 0.3 is 0 Å². The quantitative estimate of drug-likeness (QED) is 0.855. The predicted octanol–water partition coefficient (Wildman–Crippen LogP) is 2.97. The number of benzene rings is 2. The van der Waals surface area contributed by atoms with Crippen molar-refractivity contribution in [3.63, 3.8) is 0 Å². The van der Waals surface area contributed by atoms with Crippen LogP contribution in [0.2, 0.25) is 0 Å². The fourth-order valence-corrected chi connectivity index (χ4v) is 3.44. The Labute approximate surface area is 154 Å². The van der Waals surface area contributed by atoms with Crippen LogP contribution >= 0.6 is 12.4 Å². The van der Waals surface area contributed by atoms with E-state index in [9.17, 15) is 13.2 Å². The van der Waals surface area contributed by atoms with Gasteiger partial charge in [-0.25, -0.2) is 8.42 Å². The summed E-state index contributed by atoms with van der Waals surface area (Å²) < 4.78 is 23.0. The van der Waals surface area contributed by atoms with E-state index in [1.54, 1.807) is 24.3 Å². The van der Waals surface area contributed by atoms with Crippen LogP contribution < -0.4 is 10.6 Å². The second kappa shape index (κ2) is 7.45. The van der Waals surface area contributed by atoms with E-state index in [0.717, 1.165) is 29.8 Å². The Bertz CT molecular complexity index is 880. The van der Waals surface area contributed by atoms with E-state index >= 15 is 0 Å². The first-order chi connectivity index (χ1) is 11.3. The Morgan fingerprint density at radius 2 is 1.84 bits per heavy atom. The van der Waals surface area contributed by atoms with Gasteiger partial charge in [-0.15, -0.1) is 12.4 Å². The molecular weight excluding hydrogens is 360 g/mol. The van der Waals surface area contributed by atoms with E-state index in [1.807, 2.05) is 25.1 Å². The van der Waals surface area contributed by atoms with Crippen LogP contribution in [-0.4, -0.2) is 27.1 Å². The SMILES string of the molecule is CC(NC(=O)c1ccc2c(c1)CCN2)c1ccc(S(C)(=O)=O)cc1.Cl. The summed E-state index contributed by atoms with van der Waals surface area (Å²) in [6.07, 6.45) is 2.11. The second-order valence-electron chi connectivity index (χ2n) is 6.09. The molecule has 0 saturated heterocycles. The fraction of sp³-hybridized carbons (Fsp3) is 0.278. The van der Waals surface area contributed by atoms with Crippen LogP contribution in [0.25, 0.3) is 0 Å². The van der Waals surface area contributed by atoms with Crippen molar-refractivity contribution in [3.8, 4) is 0 Å². The summed E-state index contributed by atoms with van der Waals surface area (Å²) in [5.74, 6) is -0.135. The highest BCUT2D eigenvalue weighted by molar-refractivity contribution is 7.90. The zero-order valence-electron chi connectivity index (χ0n) is 14.1. The highest BCUT2D eigenvalue weighted by Gasteiger charge is 2.16. The second-order valence-corrected chi connectivity index (χ2v) is 8.10. The molecule has 25 heavy (non-hydrogen) atoms. The number of rotatable bonds is 4. The maximum absolute atomic E-state index is 12.4. The van der Waals surface area contributed by atoms with Crippen molar-refractivity contribution in [2.24, 2.45) is 0 Å². The molecule has 1 aliphatic heterocycles. The molecule has 0 bridgehead atoms. The summed E-state index contributed by atoms with van der Waals surface area (Å²) in [7, 11) is -3.21. The van der Waals surface area contributed by atoms with Gasteiger partial charge in [-0.05, 0) is 54.8 Å². The van der Waals surface area contributed by atoms with Gasteiger partial charge in [-0.3, -0.25) is 4.79 Å². The highest BCUT2D eigenvalue weighted by Crippen LogP contribution is 2.23. The number of carbonyl (C=O) groups excluding carboxylic acids is 1.